The van der Waals surface area contributed by atoms with Crippen LogP contribution in [0.3, 0.4) is 0 Å². The van der Waals surface area contributed by atoms with E-state index >= 15 is 0 Å². The van der Waals surface area contributed by atoms with Gasteiger partial charge in [-0.3, -0.25) is 9.69 Å². The minimum atomic E-state index is -0.0298. The first-order valence-corrected chi connectivity index (χ1v) is 9.36. The van der Waals surface area contributed by atoms with Crippen LogP contribution in [0.5, 0.6) is 0 Å². The van der Waals surface area contributed by atoms with Gasteiger partial charge in [0.2, 0.25) is 0 Å². The van der Waals surface area contributed by atoms with Gasteiger partial charge in [-0.1, -0.05) is 36.4 Å². The van der Waals surface area contributed by atoms with Crippen molar-refractivity contribution in [3.05, 3.63) is 77.2 Å². The molecule has 1 amide bonds. The molecule has 2 aliphatic rings. The van der Waals surface area contributed by atoms with Crippen molar-refractivity contribution in [1.29, 1.82) is 0 Å². The highest BCUT2D eigenvalue weighted by molar-refractivity contribution is 5.95. The Morgan fingerprint density at radius 3 is 2.78 bits per heavy atom. The summed E-state index contributed by atoms with van der Waals surface area (Å²) < 4.78 is 1.84. The number of rotatable bonds is 4. The highest BCUT2D eigenvalue weighted by Crippen LogP contribution is 2.26. The first-order chi connectivity index (χ1) is 13.3. The fourth-order valence-corrected chi connectivity index (χ4v) is 3.60. The second-order valence-electron chi connectivity index (χ2n) is 7.28. The zero-order valence-electron chi connectivity index (χ0n) is 15.0. The zero-order valence-corrected chi connectivity index (χ0v) is 15.0. The lowest BCUT2D eigenvalue weighted by molar-refractivity contribution is 0.0948. The second-order valence-corrected chi connectivity index (χ2v) is 7.28. The highest BCUT2D eigenvalue weighted by atomic mass is 16.1. The predicted molar refractivity (Wildman–Crippen MR) is 101 cm³/mol. The highest BCUT2D eigenvalue weighted by Gasteiger charge is 2.29. The van der Waals surface area contributed by atoms with Gasteiger partial charge in [0.05, 0.1) is 17.5 Å². The van der Waals surface area contributed by atoms with Crippen LogP contribution in [0.1, 0.15) is 40.0 Å². The van der Waals surface area contributed by atoms with E-state index in [0.717, 1.165) is 43.0 Å². The molecule has 27 heavy (non-hydrogen) atoms. The fraction of sp³-hybridized carbons (Fsp3) is 0.286. The maximum atomic E-state index is 12.7. The van der Waals surface area contributed by atoms with Crippen LogP contribution >= 0.6 is 0 Å². The smallest absolute Gasteiger partial charge is 0.255 e. The molecule has 0 unspecified atom stereocenters. The molecule has 0 radical (unpaired) electrons. The normalized spacial score (nSPS) is 16.3. The molecule has 0 spiro atoms. The van der Waals surface area contributed by atoms with E-state index < -0.39 is 0 Å². The summed E-state index contributed by atoms with van der Waals surface area (Å²) in [7, 11) is 0. The van der Waals surface area contributed by atoms with E-state index in [9.17, 15) is 4.79 Å². The van der Waals surface area contributed by atoms with Gasteiger partial charge < -0.3 is 5.32 Å². The van der Waals surface area contributed by atoms with Crippen LogP contribution in [0.15, 0.2) is 54.9 Å². The van der Waals surface area contributed by atoms with Crippen LogP contribution in [-0.2, 0) is 19.6 Å². The van der Waals surface area contributed by atoms with Gasteiger partial charge >= 0.3 is 0 Å². The molecule has 1 aromatic carbocycles. The number of benzene rings is 1. The van der Waals surface area contributed by atoms with Gasteiger partial charge in [-0.25, -0.2) is 9.67 Å². The summed E-state index contributed by atoms with van der Waals surface area (Å²) in [5.74, 6) is 0.784. The number of hydrogen-bond donors (Lipinski definition) is 1. The van der Waals surface area contributed by atoms with Gasteiger partial charge in [-0.05, 0) is 24.5 Å². The maximum absolute atomic E-state index is 12.7. The molecule has 1 N–H and O–H groups in total. The van der Waals surface area contributed by atoms with Gasteiger partial charge in [0.25, 0.3) is 5.91 Å². The van der Waals surface area contributed by atoms with Crippen molar-refractivity contribution in [2.24, 2.45) is 0 Å². The van der Waals surface area contributed by atoms with Gasteiger partial charge in [-0.2, -0.15) is 5.10 Å². The molecule has 2 aromatic heterocycles. The molecule has 0 atom stereocenters. The minimum Gasteiger partial charge on any atom is -0.349 e. The van der Waals surface area contributed by atoms with Crippen molar-refractivity contribution in [1.82, 2.24) is 25.0 Å². The average Bonchev–Trinajstić information content (AvgIpc) is 3.43. The van der Waals surface area contributed by atoms with Crippen LogP contribution in [-0.4, -0.2) is 31.6 Å². The summed E-state index contributed by atoms with van der Waals surface area (Å²) in [5, 5.41) is 7.60. The third kappa shape index (κ3) is 3.24. The van der Waals surface area contributed by atoms with Crippen LogP contribution in [0.4, 0.5) is 0 Å². The van der Waals surface area contributed by atoms with E-state index in [4.69, 9.17) is 0 Å². The van der Waals surface area contributed by atoms with Gasteiger partial charge in [0, 0.05) is 37.4 Å². The summed E-state index contributed by atoms with van der Waals surface area (Å²) >= 11 is 0. The molecular formula is C21H21N5O. The van der Waals surface area contributed by atoms with Crippen LogP contribution in [0.25, 0.3) is 5.82 Å². The third-order valence-electron chi connectivity index (χ3n) is 5.11. The number of nitrogens with zero attached hydrogens (tertiary/aromatic N) is 4. The van der Waals surface area contributed by atoms with E-state index in [-0.39, 0.29) is 5.91 Å². The van der Waals surface area contributed by atoms with E-state index in [1.807, 2.05) is 16.8 Å². The largest absolute Gasteiger partial charge is 0.349 e. The summed E-state index contributed by atoms with van der Waals surface area (Å²) in [5.41, 5.74) is 3.92. The lowest BCUT2D eigenvalue weighted by Crippen LogP contribution is -2.28. The number of carbonyl (C=O) groups excluding carboxylic acids is 1. The van der Waals surface area contributed by atoms with Crippen molar-refractivity contribution in [2.75, 3.05) is 0 Å². The Morgan fingerprint density at radius 1 is 1.11 bits per heavy atom. The summed E-state index contributed by atoms with van der Waals surface area (Å²) in [6.45, 7) is 2.23. The molecule has 3 heterocycles. The Labute approximate surface area is 157 Å². The maximum Gasteiger partial charge on any atom is 0.255 e. The summed E-state index contributed by atoms with van der Waals surface area (Å²) in [6.07, 6.45) is 5.60. The number of aromatic nitrogens is 3. The van der Waals surface area contributed by atoms with Gasteiger partial charge in [0.1, 0.15) is 0 Å². The van der Waals surface area contributed by atoms with Crippen molar-refractivity contribution >= 4 is 5.91 Å². The van der Waals surface area contributed by atoms with Crippen molar-refractivity contribution in [3.8, 4) is 5.82 Å². The fourth-order valence-electron chi connectivity index (χ4n) is 3.60. The molecule has 0 saturated heterocycles. The SMILES string of the molecule is O=C(NC1CC1)c1cnn2c1CN(Cc1ccccc1)Cc1cccnc1-2. The number of amides is 1. The van der Waals surface area contributed by atoms with Crippen molar-refractivity contribution in [3.63, 3.8) is 0 Å². The molecule has 1 saturated carbocycles. The summed E-state index contributed by atoms with van der Waals surface area (Å²) in [4.78, 5) is 19.6. The number of hydrogen-bond acceptors (Lipinski definition) is 4. The van der Waals surface area contributed by atoms with Crippen LogP contribution in [0, 0.1) is 0 Å². The molecular weight excluding hydrogens is 338 g/mol. The van der Waals surface area contributed by atoms with E-state index in [2.05, 4.69) is 50.6 Å². The molecule has 136 valence electrons. The molecule has 6 nitrogen and oxygen atoms in total. The lowest BCUT2D eigenvalue weighted by Gasteiger charge is -2.20. The Morgan fingerprint density at radius 2 is 1.96 bits per heavy atom. The number of carbonyl (C=O) groups is 1. The molecule has 1 aliphatic carbocycles. The standard InChI is InChI=1S/C21H21N5O/c27-21(24-17-8-9-17)18-11-23-26-19(18)14-25(12-15-5-2-1-3-6-15)13-16-7-4-10-22-20(16)26/h1-7,10-11,17H,8-9,12-14H2,(H,24,27). The van der Waals surface area contributed by atoms with Crippen molar-refractivity contribution in [2.45, 2.75) is 38.5 Å². The first-order valence-electron chi connectivity index (χ1n) is 9.36. The minimum absolute atomic E-state index is 0.0298. The number of fused-ring (bicyclic) bond motifs is 3. The lowest BCUT2D eigenvalue weighted by atomic mass is 10.1. The average molecular weight is 359 g/mol. The van der Waals surface area contributed by atoms with Crippen LogP contribution in [0.2, 0.25) is 0 Å². The molecule has 3 aromatic rings. The van der Waals surface area contributed by atoms with Gasteiger partial charge in [0.15, 0.2) is 5.82 Å². The quantitative estimate of drug-likeness (QED) is 0.778. The Balaban J connectivity index is 1.53. The second kappa shape index (κ2) is 6.63. The molecule has 1 fully saturated rings. The predicted octanol–water partition coefficient (Wildman–Crippen LogP) is 2.68. The monoisotopic (exact) mass is 359 g/mol. The Hall–Kier alpha value is -2.99. The molecule has 6 heteroatoms. The molecule has 1 aliphatic heterocycles. The topological polar surface area (TPSA) is 63.1 Å². The Kier molecular flexibility index (Phi) is 3.98. The van der Waals surface area contributed by atoms with Crippen LogP contribution < -0.4 is 5.32 Å². The van der Waals surface area contributed by atoms with E-state index in [1.54, 1.807) is 12.4 Å². The third-order valence-corrected chi connectivity index (χ3v) is 5.11. The van der Waals surface area contributed by atoms with E-state index in [0.29, 0.717) is 18.2 Å². The first kappa shape index (κ1) is 16.2. The zero-order chi connectivity index (χ0) is 18.2. The van der Waals surface area contributed by atoms with Crippen molar-refractivity contribution < 1.29 is 4.79 Å². The number of nitrogens with one attached hydrogen (secondary N) is 1. The molecule has 0 bridgehead atoms. The molecule has 5 rings (SSSR count). The summed E-state index contributed by atoms with van der Waals surface area (Å²) in [6, 6.07) is 14.8. The van der Waals surface area contributed by atoms with Gasteiger partial charge in [-0.15, -0.1) is 0 Å². The number of pyridine rings is 1. The van der Waals surface area contributed by atoms with E-state index in [1.165, 1.54) is 5.56 Å². The Bertz CT molecular complexity index is 977.